The number of hydrogen-bond acceptors (Lipinski definition) is 4. The van der Waals surface area contributed by atoms with Crippen LogP contribution in [0.25, 0.3) is 0 Å². The van der Waals surface area contributed by atoms with E-state index in [1.165, 1.54) is 11.6 Å². The summed E-state index contributed by atoms with van der Waals surface area (Å²) in [7, 11) is 0. The monoisotopic (exact) mass is 309 g/mol. The Labute approximate surface area is 135 Å². The summed E-state index contributed by atoms with van der Waals surface area (Å²) in [6, 6.07) is 13.4. The zero-order chi connectivity index (χ0) is 16.2. The van der Waals surface area contributed by atoms with E-state index in [1.54, 1.807) is 24.4 Å². The van der Waals surface area contributed by atoms with E-state index in [4.69, 9.17) is 9.47 Å². The Balaban J connectivity index is 1.62. The molecule has 0 spiro atoms. The van der Waals surface area contributed by atoms with Crippen molar-refractivity contribution in [1.29, 1.82) is 0 Å². The SMILES string of the molecule is CC(C)c1ccc(NC=CC(=O)c2ccc3c(c2)OCO3)cc1. The van der Waals surface area contributed by atoms with Gasteiger partial charge in [-0.05, 0) is 41.8 Å². The van der Waals surface area contributed by atoms with Gasteiger partial charge in [-0.3, -0.25) is 4.79 Å². The summed E-state index contributed by atoms with van der Waals surface area (Å²) in [5, 5.41) is 3.11. The second-order valence-corrected chi connectivity index (χ2v) is 5.69. The normalized spacial score (nSPS) is 12.8. The minimum Gasteiger partial charge on any atom is -0.454 e. The van der Waals surface area contributed by atoms with Crippen LogP contribution in [0.2, 0.25) is 0 Å². The molecule has 3 rings (SSSR count). The minimum absolute atomic E-state index is 0.0883. The number of carbonyl (C=O) groups excluding carboxylic acids is 1. The van der Waals surface area contributed by atoms with Crippen LogP contribution in [-0.2, 0) is 0 Å². The van der Waals surface area contributed by atoms with Crippen molar-refractivity contribution in [2.45, 2.75) is 19.8 Å². The molecule has 0 bridgehead atoms. The first kappa shape index (κ1) is 15.2. The number of carbonyl (C=O) groups is 1. The number of fused-ring (bicyclic) bond motifs is 1. The molecule has 1 aliphatic rings. The Hall–Kier alpha value is -2.75. The number of anilines is 1. The van der Waals surface area contributed by atoms with Crippen molar-refractivity contribution in [3.05, 3.63) is 65.9 Å². The largest absolute Gasteiger partial charge is 0.454 e. The van der Waals surface area contributed by atoms with Crippen LogP contribution >= 0.6 is 0 Å². The predicted molar refractivity (Wildman–Crippen MR) is 90.2 cm³/mol. The molecule has 0 fully saturated rings. The van der Waals surface area contributed by atoms with Crippen LogP contribution in [0.5, 0.6) is 11.5 Å². The van der Waals surface area contributed by atoms with E-state index in [1.807, 2.05) is 12.1 Å². The highest BCUT2D eigenvalue weighted by atomic mass is 16.7. The standard InChI is InChI=1S/C19H19NO3/c1-13(2)14-3-6-16(7-4-14)20-10-9-17(21)15-5-8-18-19(11-15)23-12-22-18/h3-11,13,20H,12H2,1-2H3. The summed E-state index contributed by atoms with van der Waals surface area (Å²) in [6.45, 7) is 4.52. The Morgan fingerprint density at radius 2 is 1.83 bits per heavy atom. The van der Waals surface area contributed by atoms with Gasteiger partial charge in [0.25, 0.3) is 0 Å². The van der Waals surface area contributed by atoms with Crippen LogP contribution in [0, 0.1) is 0 Å². The first-order valence-corrected chi connectivity index (χ1v) is 7.60. The van der Waals surface area contributed by atoms with Gasteiger partial charge < -0.3 is 14.8 Å². The van der Waals surface area contributed by atoms with E-state index >= 15 is 0 Å². The van der Waals surface area contributed by atoms with Crippen LogP contribution < -0.4 is 14.8 Å². The maximum Gasteiger partial charge on any atom is 0.231 e. The van der Waals surface area contributed by atoms with Crippen molar-refractivity contribution < 1.29 is 14.3 Å². The number of benzene rings is 2. The first-order valence-electron chi connectivity index (χ1n) is 7.60. The molecule has 0 aliphatic carbocycles. The molecule has 4 nitrogen and oxygen atoms in total. The number of rotatable bonds is 5. The lowest BCUT2D eigenvalue weighted by Gasteiger charge is -2.06. The van der Waals surface area contributed by atoms with Crippen LogP contribution in [0.1, 0.15) is 35.7 Å². The Bertz CT molecular complexity index is 733. The quantitative estimate of drug-likeness (QED) is 0.659. The second kappa shape index (κ2) is 6.57. The van der Waals surface area contributed by atoms with Crippen molar-refractivity contribution in [1.82, 2.24) is 0 Å². The van der Waals surface area contributed by atoms with Gasteiger partial charge in [-0.2, -0.15) is 0 Å². The van der Waals surface area contributed by atoms with E-state index in [0.717, 1.165) is 5.69 Å². The second-order valence-electron chi connectivity index (χ2n) is 5.69. The number of nitrogens with one attached hydrogen (secondary N) is 1. The van der Waals surface area contributed by atoms with Gasteiger partial charge in [-0.1, -0.05) is 26.0 Å². The third kappa shape index (κ3) is 3.54. The van der Waals surface area contributed by atoms with E-state index < -0.39 is 0 Å². The molecule has 23 heavy (non-hydrogen) atoms. The fourth-order valence-electron chi connectivity index (χ4n) is 2.32. The minimum atomic E-state index is -0.0883. The van der Waals surface area contributed by atoms with E-state index in [0.29, 0.717) is 23.0 Å². The summed E-state index contributed by atoms with van der Waals surface area (Å²) in [6.07, 6.45) is 3.16. The third-order valence-corrected chi connectivity index (χ3v) is 3.72. The summed E-state index contributed by atoms with van der Waals surface area (Å²) >= 11 is 0. The highest BCUT2D eigenvalue weighted by Crippen LogP contribution is 2.32. The molecule has 0 unspecified atom stereocenters. The highest BCUT2D eigenvalue weighted by Gasteiger charge is 2.14. The number of allylic oxidation sites excluding steroid dienone is 1. The molecule has 0 saturated heterocycles. The molecule has 1 N–H and O–H groups in total. The molecule has 2 aromatic rings. The Morgan fingerprint density at radius 1 is 1.09 bits per heavy atom. The van der Waals surface area contributed by atoms with E-state index in [-0.39, 0.29) is 12.6 Å². The van der Waals surface area contributed by atoms with Gasteiger partial charge in [0.15, 0.2) is 17.3 Å². The fourth-order valence-corrected chi connectivity index (χ4v) is 2.32. The van der Waals surface area contributed by atoms with Crippen LogP contribution in [0.3, 0.4) is 0 Å². The van der Waals surface area contributed by atoms with Crippen molar-refractivity contribution in [2.75, 3.05) is 12.1 Å². The van der Waals surface area contributed by atoms with E-state index in [2.05, 4.69) is 31.3 Å². The smallest absolute Gasteiger partial charge is 0.231 e. The van der Waals surface area contributed by atoms with Crippen LogP contribution in [0.4, 0.5) is 5.69 Å². The number of ketones is 1. The topological polar surface area (TPSA) is 47.6 Å². The number of ether oxygens (including phenoxy) is 2. The van der Waals surface area contributed by atoms with Gasteiger partial charge in [-0.15, -0.1) is 0 Å². The third-order valence-electron chi connectivity index (χ3n) is 3.72. The average molecular weight is 309 g/mol. The van der Waals surface area contributed by atoms with Crippen molar-refractivity contribution in [3.8, 4) is 11.5 Å². The van der Waals surface area contributed by atoms with Crippen LogP contribution in [0.15, 0.2) is 54.7 Å². The molecule has 0 saturated carbocycles. The predicted octanol–water partition coefficient (Wildman–Crippen LogP) is 4.35. The summed E-state index contributed by atoms with van der Waals surface area (Å²) in [4.78, 5) is 12.2. The van der Waals surface area contributed by atoms with Gasteiger partial charge in [-0.25, -0.2) is 0 Å². The molecule has 2 aromatic carbocycles. The Morgan fingerprint density at radius 3 is 2.57 bits per heavy atom. The van der Waals surface area contributed by atoms with Gasteiger partial charge in [0.1, 0.15) is 0 Å². The van der Waals surface area contributed by atoms with E-state index in [9.17, 15) is 4.79 Å². The summed E-state index contributed by atoms with van der Waals surface area (Å²) < 4.78 is 10.5. The zero-order valence-corrected chi connectivity index (χ0v) is 13.2. The van der Waals surface area contributed by atoms with Gasteiger partial charge in [0.2, 0.25) is 6.79 Å². The lowest BCUT2D eigenvalue weighted by Crippen LogP contribution is -1.97. The molecule has 0 aromatic heterocycles. The van der Waals surface area contributed by atoms with Crippen molar-refractivity contribution >= 4 is 11.5 Å². The molecule has 0 amide bonds. The molecule has 4 heteroatoms. The van der Waals surface area contributed by atoms with Crippen molar-refractivity contribution in [2.24, 2.45) is 0 Å². The lowest BCUT2D eigenvalue weighted by molar-refractivity contribution is 0.104. The van der Waals surface area contributed by atoms with Crippen molar-refractivity contribution in [3.63, 3.8) is 0 Å². The highest BCUT2D eigenvalue weighted by molar-refractivity contribution is 6.05. The average Bonchev–Trinajstić information content (AvgIpc) is 3.02. The van der Waals surface area contributed by atoms with Gasteiger partial charge in [0, 0.05) is 23.5 Å². The Kier molecular flexibility index (Phi) is 4.33. The maximum atomic E-state index is 12.2. The maximum absolute atomic E-state index is 12.2. The number of hydrogen-bond donors (Lipinski definition) is 1. The molecule has 1 heterocycles. The molecular formula is C19H19NO3. The first-order chi connectivity index (χ1) is 11.1. The molecule has 0 atom stereocenters. The fraction of sp³-hybridized carbons (Fsp3) is 0.211. The molecule has 1 aliphatic heterocycles. The molecule has 0 radical (unpaired) electrons. The summed E-state index contributed by atoms with van der Waals surface area (Å²) in [5.41, 5.74) is 2.81. The molecular weight excluding hydrogens is 290 g/mol. The van der Waals surface area contributed by atoms with Crippen LogP contribution in [-0.4, -0.2) is 12.6 Å². The zero-order valence-electron chi connectivity index (χ0n) is 13.2. The molecule has 118 valence electrons. The lowest BCUT2D eigenvalue weighted by atomic mass is 10.0. The van der Waals surface area contributed by atoms with Gasteiger partial charge in [0.05, 0.1) is 0 Å². The van der Waals surface area contributed by atoms with Gasteiger partial charge >= 0.3 is 0 Å². The summed E-state index contributed by atoms with van der Waals surface area (Å²) in [5.74, 6) is 1.71.